The van der Waals surface area contributed by atoms with Gasteiger partial charge in [0.1, 0.15) is 17.2 Å². The van der Waals surface area contributed by atoms with Crippen LogP contribution in [0.25, 0.3) is 6.08 Å². The van der Waals surface area contributed by atoms with E-state index in [1.807, 2.05) is 25.1 Å². The molecule has 2 rings (SSSR count). The maximum absolute atomic E-state index is 12.2. The summed E-state index contributed by atoms with van der Waals surface area (Å²) < 4.78 is 15.7. The van der Waals surface area contributed by atoms with Crippen molar-refractivity contribution in [2.75, 3.05) is 26.6 Å². The van der Waals surface area contributed by atoms with Crippen LogP contribution in [0.3, 0.4) is 0 Å². The predicted molar refractivity (Wildman–Crippen MR) is 94.9 cm³/mol. The third-order valence-corrected chi connectivity index (χ3v) is 3.47. The number of aryl methyl sites for hydroxylation is 1. The first-order chi connectivity index (χ1) is 11.6. The molecule has 0 radical (unpaired) electrons. The van der Waals surface area contributed by atoms with Gasteiger partial charge in [-0.2, -0.15) is 0 Å². The lowest BCUT2D eigenvalue weighted by molar-refractivity contribution is -0.111. The largest absolute Gasteiger partial charge is 0.497 e. The minimum atomic E-state index is -0.262. The minimum absolute atomic E-state index is 0.262. The van der Waals surface area contributed by atoms with Crippen LogP contribution in [0.2, 0.25) is 0 Å². The standard InChI is InChI=1S/C19H21NO4/c1-13-5-9-17(23-3)14(11-13)6-10-19(21)20-16-8-7-15(22-2)12-18(16)24-4/h5-12H,1-4H3,(H,20,21). The summed E-state index contributed by atoms with van der Waals surface area (Å²) in [6.45, 7) is 1.99. The Balaban J connectivity index is 2.15. The van der Waals surface area contributed by atoms with E-state index in [1.54, 1.807) is 38.5 Å². The zero-order valence-corrected chi connectivity index (χ0v) is 14.3. The molecule has 0 aliphatic carbocycles. The molecular formula is C19H21NO4. The van der Waals surface area contributed by atoms with Crippen LogP contribution >= 0.6 is 0 Å². The number of hydrogen-bond acceptors (Lipinski definition) is 4. The molecule has 0 aromatic heterocycles. The number of benzene rings is 2. The van der Waals surface area contributed by atoms with Gasteiger partial charge < -0.3 is 19.5 Å². The zero-order valence-electron chi connectivity index (χ0n) is 14.3. The highest BCUT2D eigenvalue weighted by atomic mass is 16.5. The molecule has 0 aliphatic heterocycles. The quantitative estimate of drug-likeness (QED) is 0.823. The van der Waals surface area contributed by atoms with E-state index in [2.05, 4.69) is 5.32 Å². The Morgan fingerprint density at radius 1 is 0.958 bits per heavy atom. The summed E-state index contributed by atoms with van der Waals surface area (Å²) in [4.78, 5) is 12.2. The lowest BCUT2D eigenvalue weighted by Crippen LogP contribution is -2.09. The van der Waals surface area contributed by atoms with E-state index in [4.69, 9.17) is 14.2 Å². The van der Waals surface area contributed by atoms with E-state index in [1.165, 1.54) is 13.2 Å². The monoisotopic (exact) mass is 327 g/mol. The summed E-state index contributed by atoms with van der Waals surface area (Å²) in [5.41, 5.74) is 2.51. The van der Waals surface area contributed by atoms with Gasteiger partial charge in [-0.25, -0.2) is 0 Å². The topological polar surface area (TPSA) is 56.8 Å². The molecule has 0 unspecified atom stereocenters. The highest BCUT2D eigenvalue weighted by molar-refractivity contribution is 6.03. The summed E-state index contributed by atoms with van der Waals surface area (Å²) in [7, 11) is 4.72. The third-order valence-electron chi connectivity index (χ3n) is 3.47. The average Bonchev–Trinajstić information content (AvgIpc) is 2.60. The smallest absolute Gasteiger partial charge is 0.248 e. The van der Waals surface area contributed by atoms with Crippen molar-refractivity contribution in [2.24, 2.45) is 0 Å². The average molecular weight is 327 g/mol. The number of carbonyl (C=O) groups excluding carboxylic acids is 1. The van der Waals surface area contributed by atoms with E-state index < -0.39 is 0 Å². The number of ether oxygens (including phenoxy) is 3. The van der Waals surface area contributed by atoms with Crippen molar-refractivity contribution in [2.45, 2.75) is 6.92 Å². The van der Waals surface area contributed by atoms with Crippen molar-refractivity contribution in [3.8, 4) is 17.2 Å². The van der Waals surface area contributed by atoms with Crippen molar-refractivity contribution in [3.63, 3.8) is 0 Å². The van der Waals surface area contributed by atoms with Crippen LogP contribution in [0.1, 0.15) is 11.1 Å². The molecule has 0 atom stereocenters. The molecule has 5 nitrogen and oxygen atoms in total. The van der Waals surface area contributed by atoms with E-state index in [0.29, 0.717) is 22.9 Å². The molecule has 0 aliphatic rings. The number of nitrogens with one attached hydrogen (secondary N) is 1. The van der Waals surface area contributed by atoms with E-state index in [0.717, 1.165) is 11.1 Å². The molecule has 0 fully saturated rings. The molecule has 24 heavy (non-hydrogen) atoms. The third kappa shape index (κ3) is 4.29. The van der Waals surface area contributed by atoms with Crippen LogP contribution in [0.5, 0.6) is 17.2 Å². The Hall–Kier alpha value is -2.95. The summed E-state index contributed by atoms with van der Waals surface area (Å²) in [5, 5.41) is 2.79. The minimum Gasteiger partial charge on any atom is -0.497 e. The number of rotatable bonds is 6. The van der Waals surface area contributed by atoms with E-state index >= 15 is 0 Å². The van der Waals surface area contributed by atoms with Gasteiger partial charge in [-0.1, -0.05) is 11.6 Å². The van der Waals surface area contributed by atoms with E-state index in [-0.39, 0.29) is 5.91 Å². The van der Waals surface area contributed by atoms with Gasteiger partial charge in [0.25, 0.3) is 0 Å². The van der Waals surface area contributed by atoms with Gasteiger partial charge >= 0.3 is 0 Å². The second kappa shape index (κ2) is 8.06. The number of methoxy groups -OCH3 is 3. The number of amides is 1. The highest BCUT2D eigenvalue weighted by Gasteiger charge is 2.07. The Kier molecular flexibility index (Phi) is 5.84. The lowest BCUT2D eigenvalue weighted by atomic mass is 10.1. The molecule has 126 valence electrons. The number of carbonyl (C=O) groups is 1. The number of anilines is 1. The van der Waals surface area contributed by atoms with Gasteiger partial charge in [0, 0.05) is 17.7 Å². The van der Waals surface area contributed by atoms with Gasteiger partial charge in [0.2, 0.25) is 5.91 Å². The molecule has 1 amide bonds. The Morgan fingerprint density at radius 3 is 2.38 bits per heavy atom. The Labute approximate surface area is 141 Å². The van der Waals surface area contributed by atoms with Crippen molar-refractivity contribution in [1.82, 2.24) is 0 Å². The fourth-order valence-electron chi connectivity index (χ4n) is 2.23. The predicted octanol–water partition coefficient (Wildman–Crippen LogP) is 3.67. The maximum atomic E-state index is 12.2. The second-order valence-corrected chi connectivity index (χ2v) is 5.13. The van der Waals surface area contributed by atoms with Crippen LogP contribution < -0.4 is 19.5 Å². The summed E-state index contributed by atoms with van der Waals surface area (Å²) in [6, 6.07) is 11.0. The Morgan fingerprint density at radius 2 is 1.71 bits per heavy atom. The van der Waals surface area contributed by atoms with Gasteiger partial charge in [0.05, 0.1) is 27.0 Å². The van der Waals surface area contributed by atoms with Crippen molar-refractivity contribution >= 4 is 17.7 Å². The maximum Gasteiger partial charge on any atom is 0.248 e. The first-order valence-electron chi connectivity index (χ1n) is 7.43. The van der Waals surface area contributed by atoms with Crippen molar-refractivity contribution in [3.05, 3.63) is 53.6 Å². The summed E-state index contributed by atoms with van der Waals surface area (Å²) in [5.74, 6) is 1.64. The second-order valence-electron chi connectivity index (χ2n) is 5.13. The summed E-state index contributed by atoms with van der Waals surface area (Å²) >= 11 is 0. The van der Waals surface area contributed by atoms with Gasteiger partial charge in [-0.3, -0.25) is 4.79 Å². The van der Waals surface area contributed by atoms with Crippen molar-refractivity contribution in [1.29, 1.82) is 0 Å². The molecule has 0 saturated heterocycles. The molecule has 2 aromatic carbocycles. The normalized spacial score (nSPS) is 10.5. The summed E-state index contributed by atoms with van der Waals surface area (Å²) in [6.07, 6.45) is 3.18. The van der Waals surface area contributed by atoms with Gasteiger partial charge in [-0.15, -0.1) is 0 Å². The lowest BCUT2D eigenvalue weighted by Gasteiger charge is -2.10. The highest BCUT2D eigenvalue weighted by Crippen LogP contribution is 2.29. The van der Waals surface area contributed by atoms with Crippen LogP contribution in [0, 0.1) is 6.92 Å². The molecule has 2 aromatic rings. The molecule has 0 saturated carbocycles. The van der Waals surface area contributed by atoms with Crippen molar-refractivity contribution < 1.29 is 19.0 Å². The molecule has 0 spiro atoms. The molecular weight excluding hydrogens is 306 g/mol. The first kappa shape index (κ1) is 17.4. The van der Waals surface area contributed by atoms with Crippen LogP contribution in [0.15, 0.2) is 42.5 Å². The number of hydrogen-bond donors (Lipinski definition) is 1. The fraction of sp³-hybridized carbons (Fsp3) is 0.211. The fourth-order valence-corrected chi connectivity index (χ4v) is 2.23. The van der Waals surface area contributed by atoms with Crippen LogP contribution in [-0.2, 0) is 4.79 Å². The van der Waals surface area contributed by atoms with Crippen LogP contribution in [0.4, 0.5) is 5.69 Å². The van der Waals surface area contributed by atoms with E-state index in [9.17, 15) is 4.79 Å². The van der Waals surface area contributed by atoms with Gasteiger partial charge in [0.15, 0.2) is 0 Å². The first-order valence-corrected chi connectivity index (χ1v) is 7.43. The molecule has 0 bridgehead atoms. The van der Waals surface area contributed by atoms with Crippen LogP contribution in [-0.4, -0.2) is 27.2 Å². The van der Waals surface area contributed by atoms with Gasteiger partial charge in [-0.05, 0) is 37.3 Å². The zero-order chi connectivity index (χ0) is 17.5. The Bertz CT molecular complexity index is 753. The molecule has 0 heterocycles. The molecule has 5 heteroatoms. The SMILES string of the molecule is COc1ccc(NC(=O)C=Cc2cc(C)ccc2OC)c(OC)c1. The molecule has 1 N–H and O–H groups in total.